The van der Waals surface area contributed by atoms with Crippen molar-refractivity contribution in [3.8, 4) is 0 Å². The first-order valence-electron chi connectivity index (χ1n) is 4.51. The van der Waals surface area contributed by atoms with Crippen molar-refractivity contribution in [1.82, 2.24) is 0 Å². The van der Waals surface area contributed by atoms with Crippen molar-refractivity contribution in [3.05, 3.63) is 22.7 Å². The van der Waals surface area contributed by atoms with Gasteiger partial charge in [-0.2, -0.15) is 0 Å². The molecule has 1 aliphatic heterocycles. The van der Waals surface area contributed by atoms with Crippen LogP contribution in [0.3, 0.4) is 0 Å². The summed E-state index contributed by atoms with van der Waals surface area (Å²) in [6, 6.07) is 5.91. The number of rotatable bonds is 0. The number of para-hydroxylation sites is 1. The van der Waals surface area contributed by atoms with Gasteiger partial charge in [-0.3, -0.25) is 4.79 Å². The SMILES string of the molecule is C[C@@H]1CC(=O)Nc2cccc(Br)c2N1. The van der Waals surface area contributed by atoms with Crippen LogP contribution in [0.2, 0.25) is 0 Å². The number of nitrogens with one attached hydrogen (secondary N) is 2. The minimum absolute atomic E-state index is 0.0573. The second-order valence-electron chi connectivity index (χ2n) is 3.46. The van der Waals surface area contributed by atoms with E-state index in [2.05, 4.69) is 26.6 Å². The molecule has 0 radical (unpaired) electrons. The van der Waals surface area contributed by atoms with Gasteiger partial charge >= 0.3 is 0 Å². The first kappa shape index (κ1) is 9.52. The second-order valence-corrected chi connectivity index (χ2v) is 4.31. The zero-order chi connectivity index (χ0) is 10.1. The quantitative estimate of drug-likeness (QED) is 0.748. The van der Waals surface area contributed by atoms with E-state index < -0.39 is 0 Å². The molecule has 1 heterocycles. The van der Waals surface area contributed by atoms with E-state index in [-0.39, 0.29) is 11.9 Å². The number of carbonyl (C=O) groups excluding carboxylic acids is 1. The maximum Gasteiger partial charge on any atom is 0.226 e. The van der Waals surface area contributed by atoms with Crippen LogP contribution in [0, 0.1) is 0 Å². The van der Waals surface area contributed by atoms with Crippen molar-refractivity contribution in [3.63, 3.8) is 0 Å². The number of carbonyl (C=O) groups is 1. The van der Waals surface area contributed by atoms with Gasteiger partial charge in [0.05, 0.1) is 11.4 Å². The zero-order valence-electron chi connectivity index (χ0n) is 7.80. The Bertz CT molecular complexity index is 378. The fourth-order valence-electron chi connectivity index (χ4n) is 1.55. The summed E-state index contributed by atoms with van der Waals surface area (Å²) in [6.07, 6.45) is 0.501. The van der Waals surface area contributed by atoms with E-state index in [1.807, 2.05) is 25.1 Å². The van der Waals surface area contributed by atoms with Crippen LogP contribution in [0.25, 0.3) is 0 Å². The summed E-state index contributed by atoms with van der Waals surface area (Å²) in [5.74, 6) is 0.0573. The summed E-state index contributed by atoms with van der Waals surface area (Å²) >= 11 is 3.45. The first-order valence-corrected chi connectivity index (χ1v) is 5.31. The molecule has 0 fully saturated rings. The molecule has 1 amide bonds. The molecule has 1 aromatic carbocycles. The lowest BCUT2D eigenvalue weighted by Gasteiger charge is -2.12. The van der Waals surface area contributed by atoms with E-state index in [0.29, 0.717) is 6.42 Å². The maximum absolute atomic E-state index is 11.4. The van der Waals surface area contributed by atoms with Gasteiger partial charge in [0.15, 0.2) is 0 Å². The van der Waals surface area contributed by atoms with Crippen LogP contribution in [-0.2, 0) is 4.79 Å². The van der Waals surface area contributed by atoms with Gasteiger partial charge in [0.25, 0.3) is 0 Å². The third-order valence-electron chi connectivity index (χ3n) is 2.17. The zero-order valence-corrected chi connectivity index (χ0v) is 9.39. The van der Waals surface area contributed by atoms with Crippen LogP contribution in [0.1, 0.15) is 13.3 Å². The molecule has 0 aliphatic carbocycles. The number of anilines is 2. The molecule has 74 valence electrons. The molecule has 0 saturated carbocycles. The average Bonchev–Trinajstić information content (AvgIpc) is 2.23. The summed E-state index contributed by atoms with van der Waals surface area (Å²) < 4.78 is 0.976. The van der Waals surface area contributed by atoms with Gasteiger partial charge in [0.1, 0.15) is 0 Å². The standard InChI is InChI=1S/C10H11BrN2O/c1-6-5-9(14)13-8-4-2-3-7(11)10(8)12-6/h2-4,6,12H,5H2,1H3,(H,13,14)/t6-/m1/s1. The highest BCUT2D eigenvalue weighted by Crippen LogP contribution is 2.33. The van der Waals surface area contributed by atoms with E-state index in [1.165, 1.54) is 0 Å². The molecule has 1 aromatic rings. The normalized spacial score (nSPS) is 20.4. The lowest BCUT2D eigenvalue weighted by Crippen LogP contribution is -2.18. The number of benzene rings is 1. The third-order valence-corrected chi connectivity index (χ3v) is 2.83. The van der Waals surface area contributed by atoms with Gasteiger partial charge in [-0.05, 0) is 35.0 Å². The molecular formula is C10H11BrN2O. The van der Waals surface area contributed by atoms with E-state index in [9.17, 15) is 4.79 Å². The van der Waals surface area contributed by atoms with E-state index >= 15 is 0 Å². The smallest absolute Gasteiger partial charge is 0.226 e. The number of fused-ring (bicyclic) bond motifs is 1. The number of hydrogen-bond donors (Lipinski definition) is 2. The minimum atomic E-state index is 0.0573. The number of amides is 1. The van der Waals surface area contributed by atoms with Gasteiger partial charge < -0.3 is 10.6 Å². The maximum atomic E-state index is 11.4. The molecule has 0 aromatic heterocycles. The molecule has 1 atom stereocenters. The second kappa shape index (κ2) is 3.61. The monoisotopic (exact) mass is 254 g/mol. The molecule has 1 aliphatic rings. The third kappa shape index (κ3) is 1.75. The van der Waals surface area contributed by atoms with Crippen LogP contribution in [0.5, 0.6) is 0 Å². The Hall–Kier alpha value is -1.03. The summed E-state index contributed by atoms with van der Waals surface area (Å²) in [6.45, 7) is 1.99. The van der Waals surface area contributed by atoms with Crippen molar-refractivity contribution in [2.75, 3.05) is 10.6 Å². The highest BCUT2D eigenvalue weighted by molar-refractivity contribution is 9.10. The molecule has 0 saturated heterocycles. The van der Waals surface area contributed by atoms with Crippen LogP contribution < -0.4 is 10.6 Å². The number of halogens is 1. The summed E-state index contributed by atoms with van der Waals surface area (Å²) in [7, 11) is 0. The van der Waals surface area contributed by atoms with Gasteiger partial charge in [-0.25, -0.2) is 0 Å². The Labute approximate surface area is 91.0 Å². The molecule has 4 heteroatoms. The average molecular weight is 255 g/mol. The van der Waals surface area contributed by atoms with Gasteiger partial charge in [0.2, 0.25) is 5.91 Å². The molecular weight excluding hydrogens is 244 g/mol. The van der Waals surface area contributed by atoms with Gasteiger partial charge in [0, 0.05) is 16.9 Å². The van der Waals surface area contributed by atoms with Crippen molar-refractivity contribution in [2.45, 2.75) is 19.4 Å². The Morgan fingerprint density at radius 1 is 1.50 bits per heavy atom. The van der Waals surface area contributed by atoms with E-state index in [4.69, 9.17) is 0 Å². The largest absolute Gasteiger partial charge is 0.379 e. The summed E-state index contributed by atoms with van der Waals surface area (Å²) in [4.78, 5) is 11.4. The van der Waals surface area contributed by atoms with Crippen LogP contribution in [0.15, 0.2) is 22.7 Å². The fraction of sp³-hybridized carbons (Fsp3) is 0.300. The molecule has 3 nitrogen and oxygen atoms in total. The predicted octanol–water partition coefficient (Wildman–Crippen LogP) is 2.59. The summed E-state index contributed by atoms with van der Waals surface area (Å²) in [5, 5.41) is 6.15. The molecule has 14 heavy (non-hydrogen) atoms. The molecule has 2 N–H and O–H groups in total. The van der Waals surface area contributed by atoms with Crippen molar-refractivity contribution in [2.24, 2.45) is 0 Å². The van der Waals surface area contributed by atoms with E-state index in [0.717, 1.165) is 15.8 Å². The Kier molecular flexibility index (Phi) is 2.46. The van der Waals surface area contributed by atoms with Crippen LogP contribution >= 0.6 is 15.9 Å². The van der Waals surface area contributed by atoms with E-state index in [1.54, 1.807) is 0 Å². The van der Waals surface area contributed by atoms with Crippen molar-refractivity contribution in [1.29, 1.82) is 0 Å². The minimum Gasteiger partial charge on any atom is -0.379 e. The highest BCUT2D eigenvalue weighted by Gasteiger charge is 2.18. The lowest BCUT2D eigenvalue weighted by atomic mass is 10.2. The van der Waals surface area contributed by atoms with Crippen LogP contribution in [-0.4, -0.2) is 11.9 Å². The Morgan fingerprint density at radius 2 is 2.29 bits per heavy atom. The van der Waals surface area contributed by atoms with Gasteiger partial charge in [-0.15, -0.1) is 0 Å². The Morgan fingerprint density at radius 3 is 3.07 bits per heavy atom. The molecule has 0 bridgehead atoms. The molecule has 2 rings (SSSR count). The Balaban J connectivity index is 2.46. The van der Waals surface area contributed by atoms with Crippen molar-refractivity contribution >= 4 is 33.2 Å². The fourth-order valence-corrected chi connectivity index (χ4v) is 2.03. The lowest BCUT2D eigenvalue weighted by molar-refractivity contribution is -0.116. The molecule has 0 unspecified atom stereocenters. The van der Waals surface area contributed by atoms with Gasteiger partial charge in [-0.1, -0.05) is 6.07 Å². The topological polar surface area (TPSA) is 41.1 Å². The summed E-state index contributed by atoms with van der Waals surface area (Å²) in [5.41, 5.74) is 1.81. The highest BCUT2D eigenvalue weighted by atomic mass is 79.9. The van der Waals surface area contributed by atoms with Crippen LogP contribution in [0.4, 0.5) is 11.4 Å². The molecule has 0 spiro atoms. The predicted molar refractivity (Wildman–Crippen MR) is 60.5 cm³/mol. The number of hydrogen-bond acceptors (Lipinski definition) is 2. The van der Waals surface area contributed by atoms with Crippen molar-refractivity contribution < 1.29 is 4.79 Å². The first-order chi connectivity index (χ1) is 6.66.